The Bertz CT molecular complexity index is 873. The summed E-state index contributed by atoms with van der Waals surface area (Å²) in [4.78, 5) is 16.3. The molecule has 2 N–H and O–H groups in total. The second kappa shape index (κ2) is 7.54. The normalized spacial score (nSPS) is 11.8. The van der Waals surface area contributed by atoms with Gasteiger partial charge in [0.05, 0.1) is 11.6 Å². The number of carbonyl (C=O) groups is 1. The molecule has 3 rings (SSSR count). The quantitative estimate of drug-likeness (QED) is 0.698. The average molecular weight is 378 g/mol. The third kappa shape index (κ3) is 4.28. The van der Waals surface area contributed by atoms with E-state index in [1.54, 1.807) is 18.2 Å². The average Bonchev–Trinajstić information content (AvgIpc) is 3.08. The summed E-state index contributed by atoms with van der Waals surface area (Å²) >= 11 is 7.29. The lowest BCUT2D eigenvalue weighted by Crippen LogP contribution is -2.13. The van der Waals surface area contributed by atoms with Gasteiger partial charge in [-0.2, -0.15) is 0 Å². The van der Waals surface area contributed by atoms with Crippen LogP contribution in [-0.2, 0) is 0 Å². The number of amides is 1. The molecule has 1 amide bonds. The van der Waals surface area contributed by atoms with E-state index in [1.165, 1.54) is 35.2 Å². The lowest BCUT2D eigenvalue weighted by molar-refractivity contribution is 0.102. The van der Waals surface area contributed by atoms with Crippen molar-refractivity contribution in [2.45, 2.75) is 13.0 Å². The highest BCUT2D eigenvalue weighted by Crippen LogP contribution is 2.26. The molecule has 0 aliphatic rings. The van der Waals surface area contributed by atoms with Crippen LogP contribution in [0.25, 0.3) is 0 Å². The van der Waals surface area contributed by atoms with Gasteiger partial charge in [0.25, 0.3) is 5.91 Å². The maximum absolute atomic E-state index is 13.1. The topological polar surface area (TPSA) is 79.8 Å². The van der Waals surface area contributed by atoms with E-state index in [2.05, 4.69) is 25.8 Å². The van der Waals surface area contributed by atoms with Crippen molar-refractivity contribution in [3.05, 3.63) is 64.0 Å². The second-order valence-corrected chi connectivity index (χ2v) is 6.40. The Morgan fingerprint density at radius 3 is 2.80 bits per heavy atom. The summed E-state index contributed by atoms with van der Waals surface area (Å²) in [5.41, 5.74) is 2.68. The van der Waals surface area contributed by atoms with Gasteiger partial charge in [0.1, 0.15) is 17.1 Å². The van der Waals surface area contributed by atoms with E-state index in [9.17, 15) is 9.18 Å². The lowest BCUT2D eigenvalue weighted by Gasteiger charge is -2.16. The van der Waals surface area contributed by atoms with Gasteiger partial charge in [-0.15, -0.1) is 10.2 Å². The van der Waals surface area contributed by atoms with Crippen molar-refractivity contribution < 1.29 is 9.18 Å². The third-order valence-corrected chi connectivity index (χ3v) is 4.33. The highest BCUT2D eigenvalue weighted by Gasteiger charge is 2.12. The van der Waals surface area contributed by atoms with Gasteiger partial charge in [0.2, 0.25) is 5.13 Å². The predicted octanol–water partition coefficient (Wildman–Crippen LogP) is 4.15. The molecule has 2 heterocycles. The van der Waals surface area contributed by atoms with E-state index in [-0.39, 0.29) is 17.8 Å². The Morgan fingerprint density at radius 1 is 1.32 bits per heavy atom. The summed E-state index contributed by atoms with van der Waals surface area (Å²) in [6.45, 7) is 1.89. The van der Waals surface area contributed by atoms with Crippen molar-refractivity contribution in [1.29, 1.82) is 0 Å². The highest BCUT2D eigenvalue weighted by molar-refractivity contribution is 7.13. The first-order valence-corrected chi connectivity index (χ1v) is 8.54. The zero-order valence-electron chi connectivity index (χ0n) is 13.0. The molecule has 0 bridgehead atoms. The molecule has 1 atom stereocenters. The van der Waals surface area contributed by atoms with Crippen LogP contribution in [0.3, 0.4) is 0 Å². The number of benzene rings is 1. The van der Waals surface area contributed by atoms with Crippen LogP contribution in [0.5, 0.6) is 0 Å². The van der Waals surface area contributed by atoms with Gasteiger partial charge >= 0.3 is 0 Å². The fourth-order valence-electron chi connectivity index (χ4n) is 2.16. The van der Waals surface area contributed by atoms with Crippen LogP contribution in [0.1, 0.15) is 28.9 Å². The van der Waals surface area contributed by atoms with Crippen LogP contribution < -0.4 is 10.6 Å². The molecule has 25 heavy (non-hydrogen) atoms. The summed E-state index contributed by atoms with van der Waals surface area (Å²) in [6, 6.07) is 7.39. The van der Waals surface area contributed by atoms with E-state index in [4.69, 9.17) is 11.6 Å². The lowest BCUT2D eigenvalue weighted by atomic mass is 10.1. The van der Waals surface area contributed by atoms with Gasteiger partial charge in [0.15, 0.2) is 0 Å². The van der Waals surface area contributed by atoms with Crippen molar-refractivity contribution in [3.63, 3.8) is 0 Å². The Morgan fingerprint density at radius 2 is 2.16 bits per heavy atom. The summed E-state index contributed by atoms with van der Waals surface area (Å²) in [5, 5.41) is 14.0. The molecule has 0 spiro atoms. The summed E-state index contributed by atoms with van der Waals surface area (Å²) in [6.07, 6.45) is 1.46. The molecule has 0 radical (unpaired) electrons. The molecule has 0 saturated carbocycles. The summed E-state index contributed by atoms with van der Waals surface area (Å²) in [5.74, 6) is -0.129. The molecule has 1 aromatic carbocycles. The van der Waals surface area contributed by atoms with Gasteiger partial charge in [-0.25, -0.2) is 9.37 Å². The van der Waals surface area contributed by atoms with Crippen LogP contribution >= 0.6 is 22.9 Å². The van der Waals surface area contributed by atoms with Crippen molar-refractivity contribution in [3.8, 4) is 0 Å². The standard InChI is InChI=1S/C16H13ClFN5OS/c1-9(12-4-3-11(18)6-13(12)17)21-14-5-2-10(7-19-14)15(24)22-16-23-20-8-25-16/h2-9H,1H3,(H,19,21)(H,22,23,24). The maximum atomic E-state index is 13.1. The molecule has 0 aliphatic carbocycles. The molecule has 6 nitrogen and oxygen atoms in total. The number of hydrogen-bond acceptors (Lipinski definition) is 6. The molecule has 2 aromatic heterocycles. The minimum Gasteiger partial charge on any atom is -0.363 e. The van der Waals surface area contributed by atoms with E-state index >= 15 is 0 Å². The second-order valence-electron chi connectivity index (χ2n) is 5.16. The fourth-order valence-corrected chi connectivity index (χ4v) is 2.93. The van der Waals surface area contributed by atoms with Gasteiger partial charge < -0.3 is 5.32 Å². The molecule has 128 valence electrons. The first-order valence-electron chi connectivity index (χ1n) is 7.28. The monoisotopic (exact) mass is 377 g/mol. The van der Waals surface area contributed by atoms with Crippen molar-refractivity contribution in [1.82, 2.24) is 15.2 Å². The van der Waals surface area contributed by atoms with Gasteiger partial charge in [-0.05, 0) is 36.8 Å². The van der Waals surface area contributed by atoms with E-state index in [1.807, 2.05) is 6.92 Å². The number of aromatic nitrogens is 3. The summed E-state index contributed by atoms with van der Waals surface area (Å²) in [7, 11) is 0. The van der Waals surface area contributed by atoms with E-state index in [0.29, 0.717) is 21.5 Å². The molecule has 3 aromatic rings. The number of nitrogens with zero attached hydrogens (tertiary/aromatic N) is 3. The van der Waals surface area contributed by atoms with Crippen LogP contribution in [-0.4, -0.2) is 21.1 Å². The van der Waals surface area contributed by atoms with E-state index in [0.717, 1.165) is 5.56 Å². The van der Waals surface area contributed by atoms with Crippen molar-refractivity contribution in [2.24, 2.45) is 0 Å². The number of nitrogens with one attached hydrogen (secondary N) is 2. The van der Waals surface area contributed by atoms with Crippen LogP contribution in [0, 0.1) is 5.82 Å². The molecular weight excluding hydrogens is 365 g/mol. The Kier molecular flexibility index (Phi) is 5.20. The number of hydrogen-bond donors (Lipinski definition) is 2. The molecule has 0 aliphatic heterocycles. The number of halogens is 2. The van der Waals surface area contributed by atoms with Gasteiger partial charge in [-0.3, -0.25) is 10.1 Å². The minimum absolute atomic E-state index is 0.179. The van der Waals surface area contributed by atoms with Crippen LogP contribution in [0.15, 0.2) is 42.0 Å². The Hall–Kier alpha value is -2.58. The van der Waals surface area contributed by atoms with Gasteiger partial charge in [0, 0.05) is 11.2 Å². The minimum atomic E-state index is -0.384. The van der Waals surface area contributed by atoms with Crippen molar-refractivity contribution >= 4 is 39.8 Å². The fraction of sp³-hybridized carbons (Fsp3) is 0.125. The van der Waals surface area contributed by atoms with E-state index < -0.39 is 0 Å². The molecule has 0 saturated heterocycles. The SMILES string of the molecule is CC(Nc1ccc(C(=O)Nc2nncs2)cn1)c1ccc(F)cc1Cl. The zero-order chi connectivity index (χ0) is 17.8. The number of carbonyl (C=O) groups excluding carboxylic acids is 1. The van der Waals surface area contributed by atoms with Crippen LogP contribution in [0.4, 0.5) is 15.3 Å². The predicted molar refractivity (Wildman–Crippen MR) is 95.5 cm³/mol. The molecule has 0 fully saturated rings. The van der Waals surface area contributed by atoms with Crippen molar-refractivity contribution in [2.75, 3.05) is 10.6 Å². The molecule has 1 unspecified atom stereocenters. The van der Waals surface area contributed by atoms with Gasteiger partial charge in [-0.1, -0.05) is 29.0 Å². The zero-order valence-corrected chi connectivity index (χ0v) is 14.6. The Balaban J connectivity index is 1.66. The number of anilines is 2. The smallest absolute Gasteiger partial charge is 0.259 e. The number of pyridine rings is 1. The highest BCUT2D eigenvalue weighted by atomic mass is 35.5. The summed E-state index contributed by atoms with van der Waals surface area (Å²) < 4.78 is 13.1. The molecular formula is C16H13ClFN5OS. The third-order valence-electron chi connectivity index (χ3n) is 3.40. The largest absolute Gasteiger partial charge is 0.363 e. The first kappa shape index (κ1) is 17.2. The molecule has 9 heteroatoms. The van der Waals surface area contributed by atoms with Crippen LogP contribution in [0.2, 0.25) is 5.02 Å². The number of rotatable bonds is 5. The Labute approximate surface area is 152 Å². The first-order chi connectivity index (χ1) is 12.0. The maximum Gasteiger partial charge on any atom is 0.259 e.